The molecule has 1 rings (SSSR count). The largest absolute Gasteiger partial charge is 0.508 e. The van der Waals surface area contributed by atoms with Crippen molar-refractivity contribution < 1.29 is 34.2 Å². The number of phenols is 1. The van der Waals surface area contributed by atoms with E-state index in [1.165, 1.54) is 23.9 Å². The highest BCUT2D eigenvalue weighted by molar-refractivity contribution is 7.98. The Kier molecular flexibility index (Phi) is 14.9. The normalized spacial score (nSPS) is 13.7. The van der Waals surface area contributed by atoms with Crippen LogP contribution in [-0.4, -0.2) is 88.5 Å². The van der Waals surface area contributed by atoms with Gasteiger partial charge in [0.25, 0.3) is 0 Å². The number of nitrogens with two attached hydrogens (primary N) is 4. The van der Waals surface area contributed by atoms with Crippen LogP contribution in [0, 0.1) is 0 Å². The predicted molar refractivity (Wildman–Crippen MR) is 150 cm³/mol. The van der Waals surface area contributed by atoms with Gasteiger partial charge in [-0.1, -0.05) is 12.1 Å². The molecule has 40 heavy (non-hydrogen) atoms. The molecule has 1 aromatic rings. The second-order valence-electron chi connectivity index (χ2n) is 8.90. The maximum atomic E-state index is 13.3. The summed E-state index contributed by atoms with van der Waals surface area (Å²) in [5.41, 5.74) is 21.9. The third-order valence-electron chi connectivity index (χ3n) is 5.57. The third-order valence-corrected chi connectivity index (χ3v) is 6.21. The molecule has 0 saturated heterocycles. The zero-order valence-electron chi connectivity index (χ0n) is 22.2. The van der Waals surface area contributed by atoms with E-state index in [1.54, 1.807) is 18.4 Å². The summed E-state index contributed by atoms with van der Waals surface area (Å²) >= 11 is 1.41. The number of amides is 4. The summed E-state index contributed by atoms with van der Waals surface area (Å²) in [6, 6.07) is 0.977. The quantitative estimate of drug-likeness (QED) is 0.0495. The number of carboxylic acids is 1. The molecule has 13 N–H and O–H groups in total. The predicted octanol–water partition coefficient (Wildman–Crippen LogP) is -2.52. The number of carbonyl (C=O) groups excluding carboxylic acids is 4. The smallest absolute Gasteiger partial charge is 0.326 e. The van der Waals surface area contributed by atoms with Crippen molar-refractivity contribution in [1.82, 2.24) is 16.0 Å². The van der Waals surface area contributed by atoms with E-state index in [1.807, 2.05) is 0 Å². The minimum Gasteiger partial charge on any atom is -0.508 e. The Hall–Kier alpha value is -4.05. The Labute approximate surface area is 235 Å². The number of nitrogens with one attached hydrogen (secondary N) is 3. The topological polar surface area (TPSA) is 278 Å². The first-order valence-electron chi connectivity index (χ1n) is 12.3. The minimum absolute atomic E-state index is 0.00245. The van der Waals surface area contributed by atoms with E-state index in [2.05, 4.69) is 20.9 Å². The molecule has 16 heteroatoms. The van der Waals surface area contributed by atoms with Crippen molar-refractivity contribution in [1.29, 1.82) is 0 Å². The van der Waals surface area contributed by atoms with Crippen molar-refractivity contribution in [2.24, 2.45) is 27.9 Å². The molecular formula is C24H38N8O7S. The second-order valence-corrected chi connectivity index (χ2v) is 9.89. The standard InChI is InChI=1S/C24H38N8O7S/c1-40-10-8-16(21(36)31-17(23(38)39)3-2-9-29-24(27)28)30-22(37)18(11-13-4-6-14(33)7-5-13)32-20(35)15(25)12-19(26)34/h4-7,15-18,33H,2-3,8-12,25H2,1H3,(H2,26,34)(H,30,37)(H,31,36)(H,32,35)(H,38,39)(H4,27,28,29). The fourth-order valence-electron chi connectivity index (χ4n) is 3.48. The maximum Gasteiger partial charge on any atom is 0.326 e. The van der Waals surface area contributed by atoms with Gasteiger partial charge in [-0.2, -0.15) is 11.8 Å². The number of benzene rings is 1. The number of aromatic hydroxyl groups is 1. The number of thioether (sulfide) groups is 1. The zero-order valence-corrected chi connectivity index (χ0v) is 23.0. The molecule has 4 atom stereocenters. The SMILES string of the molecule is CSCCC(NC(=O)C(Cc1ccc(O)cc1)NC(=O)C(N)CC(N)=O)C(=O)NC(CCCN=C(N)N)C(=O)O. The lowest BCUT2D eigenvalue weighted by Gasteiger charge is -2.25. The monoisotopic (exact) mass is 582 g/mol. The van der Waals surface area contributed by atoms with E-state index < -0.39 is 60.2 Å². The van der Waals surface area contributed by atoms with Crippen LogP contribution in [-0.2, 0) is 30.4 Å². The van der Waals surface area contributed by atoms with Gasteiger partial charge in [0.1, 0.15) is 23.9 Å². The van der Waals surface area contributed by atoms with Crippen LogP contribution in [0.2, 0.25) is 0 Å². The van der Waals surface area contributed by atoms with Gasteiger partial charge in [-0.05, 0) is 49.0 Å². The van der Waals surface area contributed by atoms with Crippen LogP contribution in [0.3, 0.4) is 0 Å². The molecule has 4 unspecified atom stereocenters. The Morgan fingerprint density at radius 2 is 1.48 bits per heavy atom. The van der Waals surface area contributed by atoms with E-state index in [0.717, 1.165) is 0 Å². The summed E-state index contributed by atoms with van der Waals surface area (Å²) in [6.07, 6.45) is 1.80. The molecule has 0 spiro atoms. The molecule has 0 heterocycles. The number of nitrogens with zero attached hydrogens (tertiary/aromatic N) is 1. The van der Waals surface area contributed by atoms with E-state index in [0.29, 0.717) is 11.3 Å². The Bertz CT molecular complexity index is 1050. The Morgan fingerprint density at radius 3 is 2.02 bits per heavy atom. The number of phenolic OH excluding ortho intramolecular Hbond substituents is 1. The minimum atomic E-state index is -1.31. The van der Waals surface area contributed by atoms with Gasteiger partial charge in [0.2, 0.25) is 23.6 Å². The van der Waals surface area contributed by atoms with Gasteiger partial charge in [0.05, 0.1) is 12.5 Å². The van der Waals surface area contributed by atoms with Gasteiger partial charge in [0, 0.05) is 13.0 Å². The fourth-order valence-corrected chi connectivity index (χ4v) is 3.95. The molecule has 0 fully saturated rings. The number of primary amides is 1. The van der Waals surface area contributed by atoms with Crippen LogP contribution >= 0.6 is 11.8 Å². The highest BCUT2D eigenvalue weighted by atomic mass is 32.2. The molecule has 222 valence electrons. The van der Waals surface area contributed by atoms with Crippen molar-refractivity contribution in [2.75, 3.05) is 18.6 Å². The van der Waals surface area contributed by atoms with E-state index >= 15 is 0 Å². The number of aliphatic carboxylic acids is 1. The van der Waals surface area contributed by atoms with E-state index in [4.69, 9.17) is 22.9 Å². The van der Waals surface area contributed by atoms with Crippen molar-refractivity contribution in [3.8, 4) is 5.75 Å². The Balaban J connectivity index is 3.08. The maximum absolute atomic E-state index is 13.3. The first kappa shape index (κ1) is 34.0. The zero-order chi connectivity index (χ0) is 30.2. The van der Waals surface area contributed by atoms with Gasteiger partial charge in [-0.15, -0.1) is 0 Å². The summed E-state index contributed by atoms with van der Waals surface area (Å²) in [6.45, 7) is 0.172. The number of rotatable bonds is 18. The number of aliphatic imine (C=N–C) groups is 1. The van der Waals surface area contributed by atoms with Crippen molar-refractivity contribution in [3.63, 3.8) is 0 Å². The van der Waals surface area contributed by atoms with Crippen molar-refractivity contribution in [2.45, 2.75) is 56.3 Å². The number of carboxylic acid groups (broad SMARTS) is 1. The molecule has 0 aliphatic heterocycles. The van der Waals surface area contributed by atoms with Gasteiger partial charge < -0.3 is 49.1 Å². The third kappa shape index (κ3) is 13.1. The molecule has 4 amide bonds. The van der Waals surface area contributed by atoms with E-state index in [-0.39, 0.29) is 43.9 Å². The molecule has 1 aromatic carbocycles. The molecule has 0 aliphatic carbocycles. The summed E-state index contributed by atoms with van der Waals surface area (Å²) in [4.78, 5) is 65.6. The lowest BCUT2D eigenvalue weighted by molar-refractivity contribution is -0.142. The number of hydrogen-bond acceptors (Lipinski definition) is 9. The van der Waals surface area contributed by atoms with Gasteiger partial charge in [0.15, 0.2) is 5.96 Å². The molecule has 0 aliphatic rings. The number of hydrogen-bond donors (Lipinski definition) is 9. The van der Waals surface area contributed by atoms with Crippen LogP contribution in [0.1, 0.15) is 31.2 Å². The van der Waals surface area contributed by atoms with Gasteiger partial charge >= 0.3 is 5.97 Å². The van der Waals surface area contributed by atoms with E-state index in [9.17, 15) is 34.2 Å². The first-order valence-corrected chi connectivity index (χ1v) is 13.7. The van der Waals surface area contributed by atoms with Crippen LogP contribution in [0.15, 0.2) is 29.3 Å². The average Bonchev–Trinajstić information content (AvgIpc) is 2.88. The summed E-state index contributed by atoms with van der Waals surface area (Å²) in [7, 11) is 0. The Morgan fingerprint density at radius 1 is 0.900 bits per heavy atom. The first-order chi connectivity index (χ1) is 18.8. The molecule has 15 nitrogen and oxygen atoms in total. The van der Waals surface area contributed by atoms with Crippen molar-refractivity contribution >= 4 is 47.3 Å². The lowest BCUT2D eigenvalue weighted by Crippen LogP contribution is -2.58. The molecular weight excluding hydrogens is 544 g/mol. The highest BCUT2D eigenvalue weighted by Crippen LogP contribution is 2.12. The van der Waals surface area contributed by atoms with Crippen LogP contribution in [0.4, 0.5) is 0 Å². The van der Waals surface area contributed by atoms with Gasteiger partial charge in [-0.25, -0.2) is 4.79 Å². The van der Waals surface area contributed by atoms with Crippen LogP contribution < -0.4 is 38.9 Å². The summed E-state index contributed by atoms with van der Waals surface area (Å²) < 4.78 is 0. The molecule has 0 bridgehead atoms. The molecule has 0 aromatic heterocycles. The number of guanidine groups is 1. The summed E-state index contributed by atoms with van der Waals surface area (Å²) in [5.74, 6) is -4.03. The highest BCUT2D eigenvalue weighted by Gasteiger charge is 2.30. The van der Waals surface area contributed by atoms with Gasteiger partial charge in [-0.3, -0.25) is 24.2 Å². The molecule has 0 radical (unpaired) electrons. The fraction of sp³-hybridized carbons (Fsp3) is 0.500. The molecule has 0 saturated carbocycles. The average molecular weight is 583 g/mol. The summed E-state index contributed by atoms with van der Waals surface area (Å²) in [5, 5.41) is 26.6. The lowest BCUT2D eigenvalue weighted by atomic mass is 10.0. The van der Waals surface area contributed by atoms with Crippen molar-refractivity contribution in [3.05, 3.63) is 29.8 Å². The van der Waals surface area contributed by atoms with Crippen LogP contribution in [0.25, 0.3) is 0 Å². The second kappa shape index (κ2) is 17.5. The number of carbonyl (C=O) groups is 5. The van der Waals surface area contributed by atoms with Crippen LogP contribution in [0.5, 0.6) is 5.75 Å².